The number of nitrogens with one attached hydrogen (secondary N) is 1. The van der Waals surface area contributed by atoms with Crippen LogP contribution in [0.25, 0.3) is 10.9 Å². The summed E-state index contributed by atoms with van der Waals surface area (Å²) >= 11 is 5.04. The van der Waals surface area contributed by atoms with E-state index in [0.29, 0.717) is 4.77 Å². The second kappa shape index (κ2) is 4.66. The predicted molar refractivity (Wildman–Crippen MR) is 70.7 cm³/mol. The van der Waals surface area contributed by atoms with E-state index in [-0.39, 0.29) is 0 Å². The number of pyridine rings is 1. The molecule has 6 heteroatoms. The molecule has 0 radical (unpaired) electrons. The molecule has 18 heavy (non-hydrogen) atoms. The Bertz CT molecular complexity index is 725. The lowest BCUT2D eigenvalue weighted by Gasteiger charge is -2.05. The first-order valence-corrected chi connectivity index (χ1v) is 6.06. The molecule has 0 aliphatic carbocycles. The average molecular weight is 257 g/mol. The number of H-pyrrole nitrogens is 1. The Kier molecular flexibility index (Phi) is 2.85. The van der Waals surface area contributed by atoms with Crippen LogP contribution in [-0.4, -0.2) is 25.2 Å². The smallest absolute Gasteiger partial charge is 0.238 e. The first kappa shape index (κ1) is 11.0. The lowest BCUT2D eigenvalue weighted by atomic mass is 10.1. The van der Waals surface area contributed by atoms with Gasteiger partial charge in [-0.2, -0.15) is 5.21 Å². The van der Waals surface area contributed by atoms with Gasteiger partial charge in [0.05, 0.1) is 5.52 Å². The molecular formula is C12H11N5S. The number of aromatic nitrogens is 5. The monoisotopic (exact) mass is 257 g/mol. The van der Waals surface area contributed by atoms with Gasteiger partial charge in [0.1, 0.15) is 0 Å². The number of nitrogens with zero attached hydrogens (tertiary/aromatic N) is 4. The molecule has 3 rings (SSSR count). The van der Waals surface area contributed by atoms with Crippen LogP contribution < -0.4 is 0 Å². The number of hydrogen-bond donors (Lipinski definition) is 1. The largest absolute Gasteiger partial charge is 0.256 e. The highest BCUT2D eigenvalue weighted by molar-refractivity contribution is 7.71. The summed E-state index contributed by atoms with van der Waals surface area (Å²) in [4.78, 5) is 4.43. The molecule has 0 aliphatic heterocycles. The normalized spacial score (nSPS) is 10.9. The number of aromatic amines is 1. The average Bonchev–Trinajstić information content (AvgIpc) is 2.82. The molecule has 3 aromatic rings. The van der Waals surface area contributed by atoms with E-state index < -0.39 is 0 Å². The summed E-state index contributed by atoms with van der Waals surface area (Å²) in [5, 5.41) is 11.3. The third kappa shape index (κ3) is 2.02. The standard InChI is InChI=1S/C12H11N5S/c18-12-14-15-16-17(12)8-6-10-4-1-3-9-5-2-7-13-11(9)10/h1-5,7H,6,8H2,(H,14,16,18). The van der Waals surface area contributed by atoms with Crippen LogP contribution >= 0.6 is 12.2 Å². The van der Waals surface area contributed by atoms with E-state index >= 15 is 0 Å². The van der Waals surface area contributed by atoms with E-state index in [1.807, 2.05) is 18.3 Å². The highest BCUT2D eigenvalue weighted by atomic mass is 32.1. The van der Waals surface area contributed by atoms with Crippen molar-refractivity contribution in [3.05, 3.63) is 46.9 Å². The van der Waals surface area contributed by atoms with Crippen molar-refractivity contribution in [3.63, 3.8) is 0 Å². The quantitative estimate of drug-likeness (QED) is 0.730. The molecule has 90 valence electrons. The van der Waals surface area contributed by atoms with Crippen LogP contribution in [0.15, 0.2) is 36.5 Å². The molecule has 0 aliphatic rings. The molecule has 1 aromatic carbocycles. The zero-order valence-corrected chi connectivity index (χ0v) is 10.4. The summed E-state index contributed by atoms with van der Waals surface area (Å²) in [6, 6.07) is 10.2. The van der Waals surface area contributed by atoms with E-state index in [1.54, 1.807) is 4.68 Å². The molecule has 0 unspecified atom stereocenters. The molecule has 0 bridgehead atoms. The van der Waals surface area contributed by atoms with Crippen molar-refractivity contribution in [3.8, 4) is 0 Å². The van der Waals surface area contributed by atoms with Crippen LogP contribution in [0.4, 0.5) is 0 Å². The van der Waals surface area contributed by atoms with Crippen LogP contribution in [0.3, 0.4) is 0 Å². The number of aryl methyl sites for hydroxylation is 2. The maximum Gasteiger partial charge on any atom is 0.238 e. The van der Waals surface area contributed by atoms with E-state index in [0.717, 1.165) is 23.9 Å². The Morgan fingerprint density at radius 1 is 1.22 bits per heavy atom. The summed E-state index contributed by atoms with van der Waals surface area (Å²) in [7, 11) is 0. The molecule has 5 nitrogen and oxygen atoms in total. The third-order valence-corrected chi connectivity index (χ3v) is 3.15. The second-order valence-electron chi connectivity index (χ2n) is 3.98. The number of para-hydroxylation sites is 1. The van der Waals surface area contributed by atoms with Gasteiger partial charge in [-0.05, 0) is 30.3 Å². The van der Waals surface area contributed by atoms with Crippen molar-refractivity contribution >= 4 is 23.1 Å². The van der Waals surface area contributed by atoms with Crippen molar-refractivity contribution in [2.45, 2.75) is 13.0 Å². The van der Waals surface area contributed by atoms with Crippen molar-refractivity contribution < 1.29 is 0 Å². The number of tetrazole rings is 1. The highest BCUT2D eigenvalue weighted by Gasteiger charge is 2.03. The van der Waals surface area contributed by atoms with Crippen LogP contribution in [0.5, 0.6) is 0 Å². The van der Waals surface area contributed by atoms with Crippen LogP contribution in [0, 0.1) is 4.77 Å². The van der Waals surface area contributed by atoms with E-state index in [9.17, 15) is 0 Å². The fourth-order valence-electron chi connectivity index (χ4n) is 1.96. The number of hydrogen-bond acceptors (Lipinski definition) is 4. The molecule has 1 N–H and O–H groups in total. The minimum atomic E-state index is 0.475. The van der Waals surface area contributed by atoms with Gasteiger partial charge in [0.2, 0.25) is 4.77 Å². The topological polar surface area (TPSA) is 59.4 Å². The van der Waals surface area contributed by atoms with Crippen LogP contribution in [0.2, 0.25) is 0 Å². The van der Waals surface area contributed by atoms with Crippen molar-refractivity contribution in [2.24, 2.45) is 0 Å². The summed E-state index contributed by atoms with van der Waals surface area (Å²) in [5.41, 5.74) is 2.24. The lowest BCUT2D eigenvalue weighted by molar-refractivity contribution is 0.584. The maximum atomic E-state index is 5.04. The maximum absolute atomic E-state index is 5.04. The minimum Gasteiger partial charge on any atom is -0.256 e. The zero-order valence-electron chi connectivity index (χ0n) is 9.58. The van der Waals surface area contributed by atoms with Gasteiger partial charge in [0.25, 0.3) is 0 Å². The van der Waals surface area contributed by atoms with Crippen molar-refractivity contribution in [2.75, 3.05) is 0 Å². The molecule has 0 saturated carbocycles. The molecule has 0 atom stereocenters. The Labute approximate surface area is 108 Å². The van der Waals surface area contributed by atoms with Crippen molar-refractivity contribution in [1.29, 1.82) is 0 Å². The number of benzene rings is 1. The zero-order chi connectivity index (χ0) is 12.4. The fourth-order valence-corrected chi connectivity index (χ4v) is 2.14. The highest BCUT2D eigenvalue weighted by Crippen LogP contribution is 2.16. The molecular weight excluding hydrogens is 246 g/mol. The van der Waals surface area contributed by atoms with Gasteiger partial charge in [0.15, 0.2) is 0 Å². The Hall–Kier alpha value is -2.08. The summed E-state index contributed by atoms with van der Waals surface area (Å²) in [6.45, 7) is 0.724. The van der Waals surface area contributed by atoms with Crippen molar-refractivity contribution in [1.82, 2.24) is 25.2 Å². The Morgan fingerprint density at radius 2 is 2.11 bits per heavy atom. The van der Waals surface area contributed by atoms with E-state index in [1.165, 1.54) is 5.56 Å². The minimum absolute atomic E-state index is 0.475. The summed E-state index contributed by atoms with van der Waals surface area (Å²) in [5.74, 6) is 0. The predicted octanol–water partition coefficient (Wildman–Crippen LogP) is 2.13. The van der Waals surface area contributed by atoms with Gasteiger partial charge in [-0.15, -0.1) is 0 Å². The van der Waals surface area contributed by atoms with Gasteiger partial charge in [-0.25, -0.2) is 4.68 Å². The van der Waals surface area contributed by atoms with Crippen LogP contribution in [0.1, 0.15) is 5.56 Å². The molecule has 0 amide bonds. The number of fused-ring (bicyclic) bond motifs is 1. The molecule has 0 saturated heterocycles. The van der Waals surface area contributed by atoms with Gasteiger partial charge >= 0.3 is 0 Å². The Balaban J connectivity index is 1.91. The SMILES string of the molecule is S=c1nn[nH]n1CCc1cccc2cccnc12. The second-order valence-corrected chi connectivity index (χ2v) is 4.34. The van der Waals surface area contributed by atoms with E-state index in [2.05, 4.69) is 38.7 Å². The first-order valence-electron chi connectivity index (χ1n) is 5.65. The van der Waals surface area contributed by atoms with Crippen LogP contribution in [-0.2, 0) is 13.0 Å². The molecule has 0 fully saturated rings. The van der Waals surface area contributed by atoms with Gasteiger partial charge in [0, 0.05) is 18.1 Å². The van der Waals surface area contributed by atoms with Gasteiger partial charge in [-0.3, -0.25) is 4.98 Å². The lowest BCUT2D eigenvalue weighted by Crippen LogP contribution is -2.04. The molecule has 2 heterocycles. The third-order valence-electron chi connectivity index (χ3n) is 2.85. The van der Waals surface area contributed by atoms with Gasteiger partial charge < -0.3 is 0 Å². The fraction of sp³-hybridized carbons (Fsp3) is 0.167. The molecule has 0 spiro atoms. The number of rotatable bonds is 3. The summed E-state index contributed by atoms with van der Waals surface area (Å²) in [6.07, 6.45) is 2.65. The molecule has 2 aromatic heterocycles. The Morgan fingerprint density at radius 3 is 2.94 bits per heavy atom. The van der Waals surface area contributed by atoms with Gasteiger partial charge in [-0.1, -0.05) is 34.6 Å². The first-order chi connectivity index (χ1) is 8.84. The summed E-state index contributed by atoms with van der Waals surface area (Å²) < 4.78 is 2.22. The van der Waals surface area contributed by atoms with E-state index in [4.69, 9.17) is 12.2 Å².